The summed E-state index contributed by atoms with van der Waals surface area (Å²) in [5.41, 5.74) is 7.05. The quantitative estimate of drug-likeness (QED) is 0.833. The fraction of sp³-hybridized carbons (Fsp3) is 0.333. The Bertz CT molecular complexity index is 545. The van der Waals surface area contributed by atoms with Crippen LogP contribution in [0.3, 0.4) is 0 Å². The minimum atomic E-state index is -0.532. The lowest BCUT2D eigenvalue weighted by molar-refractivity contribution is 0.0880. The minimum Gasteiger partial charge on any atom is -0.457 e. The van der Waals surface area contributed by atoms with Crippen molar-refractivity contribution in [1.29, 1.82) is 0 Å². The van der Waals surface area contributed by atoms with Crippen LogP contribution in [-0.4, -0.2) is 11.2 Å². The molecule has 0 aliphatic rings. The smallest absolute Gasteiger partial charge is 0.127 e. The third-order valence-corrected chi connectivity index (χ3v) is 3.84. The molecular weight excluding hydrogens is 298 g/mol. The van der Waals surface area contributed by atoms with Crippen molar-refractivity contribution in [2.45, 2.75) is 32.4 Å². The van der Waals surface area contributed by atoms with E-state index in [1.165, 1.54) is 0 Å². The average molecular weight is 322 g/mol. The molecule has 4 heteroatoms. The molecule has 0 amide bonds. The van der Waals surface area contributed by atoms with Gasteiger partial charge in [-0.3, -0.25) is 0 Å². The highest BCUT2D eigenvalue weighted by Gasteiger charge is 2.21. The standard InChI is InChI=1S/C18H23NO2.ClH/c1-3-13(2)18(20)17(19)14-9-11-16(12-10-14)21-15-7-5-4-6-8-15;/h4-13,17-18,20H,3,19H2,1-2H3;1H/t13?,17-,18+;/m0./s1. The predicted octanol–water partition coefficient (Wildman–Crippen LogP) is 4.31. The summed E-state index contributed by atoms with van der Waals surface area (Å²) >= 11 is 0. The van der Waals surface area contributed by atoms with Crippen LogP contribution in [0.15, 0.2) is 54.6 Å². The van der Waals surface area contributed by atoms with Crippen LogP contribution in [0.25, 0.3) is 0 Å². The predicted molar refractivity (Wildman–Crippen MR) is 92.6 cm³/mol. The van der Waals surface area contributed by atoms with Crippen LogP contribution in [0, 0.1) is 5.92 Å². The Morgan fingerprint density at radius 2 is 1.55 bits per heavy atom. The second-order valence-corrected chi connectivity index (χ2v) is 5.39. The van der Waals surface area contributed by atoms with E-state index in [0.717, 1.165) is 23.5 Å². The summed E-state index contributed by atoms with van der Waals surface area (Å²) in [6.45, 7) is 4.06. The van der Waals surface area contributed by atoms with E-state index in [0.29, 0.717) is 0 Å². The van der Waals surface area contributed by atoms with Gasteiger partial charge in [0.15, 0.2) is 0 Å². The Hall–Kier alpha value is -1.55. The third-order valence-electron chi connectivity index (χ3n) is 3.84. The van der Waals surface area contributed by atoms with E-state index in [4.69, 9.17) is 10.5 Å². The van der Waals surface area contributed by atoms with Crippen LogP contribution >= 0.6 is 12.4 Å². The van der Waals surface area contributed by atoms with E-state index in [2.05, 4.69) is 6.92 Å². The number of hydrogen-bond acceptors (Lipinski definition) is 3. The van der Waals surface area contributed by atoms with Crippen molar-refractivity contribution in [2.24, 2.45) is 11.7 Å². The first kappa shape index (κ1) is 18.5. The molecule has 2 rings (SSSR count). The van der Waals surface area contributed by atoms with E-state index >= 15 is 0 Å². The molecule has 0 fully saturated rings. The maximum Gasteiger partial charge on any atom is 0.127 e. The number of ether oxygens (including phenoxy) is 1. The Kier molecular flexibility index (Phi) is 7.39. The fourth-order valence-electron chi connectivity index (χ4n) is 2.18. The van der Waals surface area contributed by atoms with Gasteiger partial charge >= 0.3 is 0 Å². The van der Waals surface area contributed by atoms with Crippen molar-refractivity contribution in [3.05, 3.63) is 60.2 Å². The number of benzene rings is 2. The summed E-state index contributed by atoms with van der Waals surface area (Å²) in [5, 5.41) is 10.2. The van der Waals surface area contributed by atoms with Crippen molar-refractivity contribution < 1.29 is 9.84 Å². The molecule has 0 saturated carbocycles. The second-order valence-electron chi connectivity index (χ2n) is 5.39. The summed E-state index contributed by atoms with van der Waals surface area (Å²) in [7, 11) is 0. The first-order chi connectivity index (χ1) is 10.1. The topological polar surface area (TPSA) is 55.5 Å². The highest BCUT2D eigenvalue weighted by molar-refractivity contribution is 5.85. The molecule has 0 saturated heterocycles. The lowest BCUT2D eigenvalue weighted by atomic mass is 9.92. The van der Waals surface area contributed by atoms with E-state index in [1.807, 2.05) is 61.5 Å². The van der Waals surface area contributed by atoms with Crippen LogP contribution in [-0.2, 0) is 0 Å². The zero-order valence-corrected chi connectivity index (χ0v) is 13.8. The molecule has 0 aromatic heterocycles. The summed E-state index contributed by atoms with van der Waals surface area (Å²) in [4.78, 5) is 0. The van der Waals surface area contributed by atoms with Crippen LogP contribution in [0.4, 0.5) is 0 Å². The second kappa shape index (κ2) is 8.79. The molecule has 0 bridgehead atoms. The first-order valence-electron chi connectivity index (χ1n) is 7.38. The van der Waals surface area contributed by atoms with Gasteiger partial charge in [0.05, 0.1) is 12.1 Å². The lowest BCUT2D eigenvalue weighted by Gasteiger charge is -2.24. The first-order valence-corrected chi connectivity index (χ1v) is 7.38. The van der Waals surface area contributed by atoms with Gasteiger partial charge in [-0.25, -0.2) is 0 Å². The molecule has 120 valence electrons. The molecule has 0 spiro atoms. The molecule has 3 nitrogen and oxygen atoms in total. The van der Waals surface area contributed by atoms with Gasteiger partial charge in [0.25, 0.3) is 0 Å². The Labute approximate surface area is 138 Å². The number of aliphatic hydroxyl groups excluding tert-OH is 1. The van der Waals surface area contributed by atoms with E-state index < -0.39 is 6.10 Å². The van der Waals surface area contributed by atoms with Crippen molar-refractivity contribution in [3.8, 4) is 11.5 Å². The summed E-state index contributed by atoms with van der Waals surface area (Å²) < 4.78 is 5.74. The summed E-state index contributed by atoms with van der Waals surface area (Å²) in [6, 6.07) is 16.8. The molecule has 1 unspecified atom stereocenters. The third kappa shape index (κ3) is 4.73. The van der Waals surface area contributed by atoms with Crippen molar-refractivity contribution in [2.75, 3.05) is 0 Å². The van der Waals surface area contributed by atoms with Gasteiger partial charge in [0, 0.05) is 0 Å². The van der Waals surface area contributed by atoms with E-state index in [1.54, 1.807) is 0 Å². The van der Waals surface area contributed by atoms with E-state index in [-0.39, 0.29) is 24.4 Å². The van der Waals surface area contributed by atoms with Gasteiger partial charge in [-0.2, -0.15) is 0 Å². The molecule has 0 aliphatic carbocycles. The molecular formula is C18H24ClNO2. The minimum absolute atomic E-state index is 0. The van der Waals surface area contributed by atoms with Crippen LogP contribution in [0.5, 0.6) is 11.5 Å². The number of halogens is 1. The van der Waals surface area contributed by atoms with Crippen molar-refractivity contribution in [1.82, 2.24) is 0 Å². The van der Waals surface area contributed by atoms with Crippen molar-refractivity contribution >= 4 is 12.4 Å². The number of para-hydroxylation sites is 1. The van der Waals surface area contributed by atoms with E-state index in [9.17, 15) is 5.11 Å². The Morgan fingerprint density at radius 1 is 1.00 bits per heavy atom. The summed E-state index contributed by atoms with van der Waals surface area (Å²) in [5.74, 6) is 1.74. The zero-order chi connectivity index (χ0) is 15.2. The van der Waals surface area contributed by atoms with Crippen molar-refractivity contribution in [3.63, 3.8) is 0 Å². The molecule has 22 heavy (non-hydrogen) atoms. The maximum absolute atomic E-state index is 10.2. The summed E-state index contributed by atoms with van der Waals surface area (Å²) in [6.07, 6.45) is 0.375. The zero-order valence-electron chi connectivity index (χ0n) is 13.0. The van der Waals surface area contributed by atoms with Gasteiger partial charge in [-0.1, -0.05) is 50.6 Å². The molecule has 0 radical (unpaired) electrons. The van der Waals surface area contributed by atoms with Gasteiger partial charge in [-0.05, 0) is 35.7 Å². The molecule has 3 atom stereocenters. The SMILES string of the molecule is CCC(C)[C@@H](O)[C@@H](N)c1ccc(Oc2ccccc2)cc1.Cl. The number of nitrogens with two attached hydrogens (primary N) is 1. The normalized spacial score (nSPS) is 14.5. The molecule has 0 aliphatic heterocycles. The Morgan fingerprint density at radius 3 is 2.09 bits per heavy atom. The monoisotopic (exact) mass is 321 g/mol. The van der Waals surface area contributed by atoms with Gasteiger partial charge < -0.3 is 15.6 Å². The molecule has 0 heterocycles. The molecule has 3 N–H and O–H groups in total. The highest BCUT2D eigenvalue weighted by Crippen LogP contribution is 2.25. The Balaban J connectivity index is 0.00000242. The van der Waals surface area contributed by atoms with Crippen LogP contribution < -0.4 is 10.5 Å². The largest absolute Gasteiger partial charge is 0.457 e. The van der Waals surface area contributed by atoms with Crippen LogP contribution in [0.2, 0.25) is 0 Å². The average Bonchev–Trinajstić information content (AvgIpc) is 2.54. The van der Waals surface area contributed by atoms with Gasteiger partial charge in [-0.15, -0.1) is 12.4 Å². The highest BCUT2D eigenvalue weighted by atomic mass is 35.5. The number of rotatable bonds is 6. The molecule has 2 aromatic carbocycles. The van der Waals surface area contributed by atoms with Gasteiger partial charge in [0.2, 0.25) is 0 Å². The molecule has 2 aromatic rings. The fourth-order valence-corrected chi connectivity index (χ4v) is 2.18. The van der Waals surface area contributed by atoms with Crippen LogP contribution in [0.1, 0.15) is 31.9 Å². The number of hydrogen-bond donors (Lipinski definition) is 2. The van der Waals surface area contributed by atoms with Gasteiger partial charge in [0.1, 0.15) is 11.5 Å². The number of aliphatic hydroxyl groups is 1. The lowest BCUT2D eigenvalue weighted by Crippen LogP contribution is -2.31. The maximum atomic E-state index is 10.2.